The molecule has 0 amide bonds. The van der Waals surface area contributed by atoms with Crippen LogP contribution in [0.25, 0.3) is 5.43 Å². The molecule has 14 heteroatoms. The largest absolute Gasteiger partial charge is 0.377 e. The Morgan fingerprint density at radius 1 is 1.13 bits per heavy atom. The zero-order valence-electron chi connectivity index (χ0n) is 17.9. The first-order valence-corrected chi connectivity index (χ1v) is 9.30. The maximum Gasteiger partial charge on any atom is 0.286 e. The second kappa shape index (κ2) is 8.97. The van der Waals surface area contributed by atoms with Crippen LogP contribution in [-0.4, -0.2) is 63.3 Å². The monoisotopic (exact) mass is 436 g/mol. The van der Waals surface area contributed by atoms with Crippen molar-refractivity contribution in [1.82, 2.24) is 4.90 Å². The number of non-ortho nitro benzene ring substituents is 1. The molecule has 0 radical (unpaired) electrons. The van der Waals surface area contributed by atoms with Crippen LogP contribution in [0.15, 0.2) is 22.5 Å². The smallest absolute Gasteiger partial charge is 0.286 e. The highest BCUT2D eigenvalue weighted by Crippen LogP contribution is 2.35. The lowest BCUT2D eigenvalue weighted by Gasteiger charge is -2.31. The molecule has 14 nitrogen and oxygen atoms in total. The Hall–Kier alpha value is -3.71. The zero-order chi connectivity index (χ0) is 23.5. The standard InChI is InChI=1S/C17H24N8O6/c1-17(2,3)15(16-21(4)6-7-22(16)5)19-20-18-10-12-13(24(28)29)8-11(23(26)27)9-14(12)25(30)31/h8-9,15H,6-7,10H2,1-5H3. The van der Waals surface area contributed by atoms with E-state index in [2.05, 4.69) is 25.2 Å². The summed E-state index contributed by atoms with van der Waals surface area (Å²) in [4.78, 5) is 32.9. The molecular formula is C17H24N8O6. The van der Waals surface area contributed by atoms with Gasteiger partial charge in [0.25, 0.3) is 22.9 Å². The molecule has 1 unspecified atom stereocenters. The lowest BCUT2D eigenvalue weighted by molar-refractivity contribution is -0.488. The minimum Gasteiger partial charge on any atom is -0.377 e. The van der Waals surface area contributed by atoms with Gasteiger partial charge in [-0.15, -0.1) is 0 Å². The van der Waals surface area contributed by atoms with Crippen molar-refractivity contribution in [3.8, 4) is 0 Å². The van der Waals surface area contributed by atoms with Crippen molar-refractivity contribution in [3.63, 3.8) is 0 Å². The molecule has 0 aliphatic carbocycles. The van der Waals surface area contributed by atoms with Gasteiger partial charge in [-0.2, -0.15) is 0 Å². The first-order chi connectivity index (χ1) is 14.3. The van der Waals surface area contributed by atoms with E-state index in [1.165, 1.54) is 0 Å². The van der Waals surface area contributed by atoms with E-state index in [1.54, 1.807) is 0 Å². The van der Waals surface area contributed by atoms with Crippen molar-refractivity contribution in [3.05, 3.63) is 53.5 Å². The van der Waals surface area contributed by atoms with E-state index in [0.29, 0.717) is 12.1 Å². The number of hydrogen-bond donors (Lipinski definition) is 0. The Morgan fingerprint density at radius 2 is 1.68 bits per heavy atom. The number of benzene rings is 1. The summed E-state index contributed by atoms with van der Waals surface area (Å²) >= 11 is 0. The van der Waals surface area contributed by atoms with Gasteiger partial charge in [0.05, 0.1) is 47.0 Å². The second-order valence-electron chi connectivity index (χ2n) is 8.21. The van der Waals surface area contributed by atoms with Crippen LogP contribution < -0.4 is 0 Å². The fourth-order valence-electron chi connectivity index (χ4n) is 3.26. The average Bonchev–Trinajstić information content (AvgIpc) is 2.98. The molecular weight excluding hydrogens is 412 g/mol. The predicted octanol–water partition coefficient (Wildman–Crippen LogP) is 3.05. The van der Waals surface area contributed by atoms with Crippen molar-refractivity contribution in [2.75, 3.05) is 27.2 Å². The van der Waals surface area contributed by atoms with E-state index in [0.717, 1.165) is 18.9 Å². The van der Waals surface area contributed by atoms with Crippen molar-refractivity contribution in [2.24, 2.45) is 15.8 Å². The molecule has 0 N–H and O–H groups in total. The molecule has 0 fully saturated rings. The minimum atomic E-state index is -0.930. The van der Waals surface area contributed by atoms with Gasteiger partial charge in [-0.25, -0.2) is 0 Å². The van der Waals surface area contributed by atoms with E-state index in [9.17, 15) is 30.3 Å². The van der Waals surface area contributed by atoms with Crippen LogP contribution in [0.5, 0.6) is 0 Å². The molecule has 1 aliphatic heterocycles. The van der Waals surface area contributed by atoms with E-state index < -0.39 is 38.4 Å². The van der Waals surface area contributed by atoms with Gasteiger partial charge in [0.15, 0.2) is 0 Å². The Morgan fingerprint density at radius 3 is 2.06 bits per heavy atom. The van der Waals surface area contributed by atoms with Crippen molar-refractivity contribution < 1.29 is 19.3 Å². The minimum absolute atomic E-state index is 0.313. The van der Waals surface area contributed by atoms with Crippen LogP contribution >= 0.6 is 0 Å². The zero-order valence-corrected chi connectivity index (χ0v) is 17.9. The number of nitrogens with zero attached hydrogens (tertiary/aromatic N) is 8. The molecule has 168 valence electrons. The molecule has 0 aromatic heterocycles. The third-order valence-corrected chi connectivity index (χ3v) is 4.87. The summed E-state index contributed by atoms with van der Waals surface area (Å²) in [6, 6.07) is 0.979. The van der Waals surface area contributed by atoms with Crippen LogP contribution in [0, 0.1) is 35.8 Å². The molecule has 0 spiro atoms. The van der Waals surface area contributed by atoms with Gasteiger partial charge >= 0.3 is 0 Å². The number of nitro groups is 3. The number of amidine groups is 1. The van der Waals surface area contributed by atoms with Crippen LogP contribution in [-0.2, 0) is 6.54 Å². The quantitative estimate of drug-likeness (QED) is 0.260. The summed E-state index contributed by atoms with van der Waals surface area (Å²) in [5.74, 6) is 0.943. The van der Waals surface area contributed by atoms with Crippen molar-refractivity contribution >= 4 is 22.9 Å². The van der Waals surface area contributed by atoms with Gasteiger partial charge in [-0.05, 0) is 5.41 Å². The summed E-state index contributed by atoms with van der Waals surface area (Å²) in [6.45, 7) is 7.08. The highest BCUT2D eigenvalue weighted by atomic mass is 16.6. The lowest BCUT2D eigenvalue weighted by Crippen LogP contribution is -2.42. The topological polar surface area (TPSA) is 174 Å². The summed E-state index contributed by atoms with van der Waals surface area (Å²) in [6.07, 6.45) is 0. The number of nitro benzene ring substituents is 3. The van der Waals surface area contributed by atoms with Gasteiger partial charge < -0.3 is 10.5 Å². The maximum absolute atomic E-state index is 11.3. The number of likely N-dealkylation sites (N-methyl/N-ethyl adjacent to an activating group) is 2. The fourth-order valence-corrected chi connectivity index (χ4v) is 3.26. The van der Waals surface area contributed by atoms with Gasteiger partial charge in [-0.3, -0.25) is 45.0 Å². The van der Waals surface area contributed by atoms with Gasteiger partial charge in [-0.1, -0.05) is 20.8 Å². The molecule has 0 saturated carbocycles. The number of rotatable bonds is 8. The number of hydrogen-bond acceptors (Lipinski definition) is 9. The Bertz CT molecular complexity index is 933. The summed E-state index contributed by atoms with van der Waals surface area (Å²) in [5.41, 5.74) is 0.830. The average molecular weight is 436 g/mol. The molecule has 1 aromatic rings. The third kappa shape index (κ3) is 5.26. The molecule has 31 heavy (non-hydrogen) atoms. The predicted molar refractivity (Wildman–Crippen MR) is 110 cm³/mol. The summed E-state index contributed by atoms with van der Waals surface area (Å²) in [5, 5.41) is 41.7. The second-order valence-corrected chi connectivity index (χ2v) is 8.21. The van der Waals surface area contributed by atoms with Crippen LogP contribution in [0.1, 0.15) is 26.3 Å². The molecule has 1 atom stereocenters. The Labute approximate surface area is 177 Å². The lowest BCUT2D eigenvalue weighted by atomic mass is 9.86. The highest BCUT2D eigenvalue weighted by molar-refractivity contribution is 5.84. The first-order valence-electron chi connectivity index (χ1n) is 9.30. The van der Waals surface area contributed by atoms with E-state index >= 15 is 0 Å². The van der Waals surface area contributed by atoms with Crippen LogP contribution in [0.3, 0.4) is 0 Å². The SMILES string of the molecule is CN1CC[N+](C)=C1C(N=N[N-]Cc1c([N+](=O)[O-])cc([N+](=O)[O-])cc1[N+](=O)[O-])C(C)(C)C. The Kier molecular flexibility index (Phi) is 6.82. The molecule has 1 heterocycles. The van der Waals surface area contributed by atoms with Crippen molar-refractivity contribution in [1.29, 1.82) is 0 Å². The summed E-state index contributed by atoms with van der Waals surface area (Å²) < 4.78 is 2.06. The van der Waals surface area contributed by atoms with E-state index in [-0.39, 0.29) is 17.0 Å². The molecule has 1 aliphatic rings. The van der Waals surface area contributed by atoms with Gasteiger partial charge in [0, 0.05) is 6.54 Å². The third-order valence-electron chi connectivity index (χ3n) is 4.87. The van der Waals surface area contributed by atoms with Crippen molar-refractivity contribution in [2.45, 2.75) is 33.4 Å². The highest BCUT2D eigenvalue weighted by Gasteiger charge is 2.36. The van der Waals surface area contributed by atoms with Crippen LogP contribution in [0.2, 0.25) is 0 Å². The normalized spacial score (nSPS) is 15.5. The maximum atomic E-state index is 11.3. The van der Waals surface area contributed by atoms with Crippen LogP contribution in [0.4, 0.5) is 17.1 Å². The molecule has 0 saturated heterocycles. The van der Waals surface area contributed by atoms with E-state index in [1.807, 2.05) is 34.9 Å². The van der Waals surface area contributed by atoms with Gasteiger partial charge in [0.1, 0.15) is 18.7 Å². The molecule has 0 bridgehead atoms. The first kappa shape index (κ1) is 23.6. The van der Waals surface area contributed by atoms with Gasteiger partial charge in [0.2, 0.25) is 0 Å². The van der Waals surface area contributed by atoms with E-state index in [4.69, 9.17) is 0 Å². The Balaban J connectivity index is 2.34. The fraction of sp³-hybridized carbons (Fsp3) is 0.588. The molecule has 2 rings (SSSR count). The molecule has 1 aromatic carbocycles. The summed E-state index contributed by atoms with van der Waals surface area (Å²) in [7, 11) is 3.88.